The van der Waals surface area contributed by atoms with Crippen LogP contribution in [0.2, 0.25) is 0 Å². The Bertz CT molecular complexity index is 808. The zero-order valence-electron chi connectivity index (χ0n) is 21.8. The molecule has 0 saturated heterocycles. The minimum atomic E-state index is 0. The van der Waals surface area contributed by atoms with E-state index in [0.717, 1.165) is 40.9 Å². The van der Waals surface area contributed by atoms with E-state index in [2.05, 4.69) is 43.3 Å². The van der Waals surface area contributed by atoms with Gasteiger partial charge in [-0.3, -0.25) is 0 Å². The molecule has 0 N–H and O–H groups in total. The molecule has 2 radical (unpaired) electrons. The molecule has 2 aromatic carbocycles. The molecule has 8 fully saturated rings. The van der Waals surface area contributed by atoms with Gasteiger partial charge >= 0.3 is 0 Å². The normalized spacial score (nSPS) is 40.8. The van der Waals surface area contributed by atoms with E-state index < -0.39 is 0 Å². The third kappa shape index (κ3) is 6.63. The Morgan fingerprint density at radius 1 is 0.543 bits per heavy atom. The Labute approximate surface area is 265 Å². The SMILES string of the molecule is CC12CC3CC(CC(C3)C1)C2.[Y].[Y].[c-]1ccc(C23CC4CC(CC(C4)C2)C3)cc1.[c-]1ccccc1. The number of hydrogen-bond acceptors (Lipinski definition) is 0. The van der Waals surface area contributed by atoms with Gasteiger partial charge in [-0.15, -0.1) is 0 Å². The summed E-state index contributed by atoms with van der Waals surface area (Å²) in [5.74, 6) is 6.59. The van der Waals surface area contributed by atoms with E-state index >= 15 is 0 Å². The van der Waals surface area contributed by atoms with Crippen molar-refractivity contribution in [3.05, 3.63) is 72.3 Å². The van der Waals surface area contributed by atoms with Crippen LogP contribution in [0.15, 0.2) is 54.6 Å². The van der Waals surface area contributed by atoms with Crippen molar-refractivity contribution >= 4 is 0 Å². The van der Waals surface area contributed by atoms with Gasteiger partial charge in [0.25, 0.3) is 0 Å². The Morgan fingerprint density at radius 2 is 0.914 bits per heavy atom. The van der Waals surface area contributed by atoms with Gasteiger partial charge in [0.1, 0.15) is 0 Å². The van der Waals surface area contributed by atoms with E-state index in [0.29, 0.717) is 5.41 Å². The molecule has 35 heavy (non-hydrogen) atoms. The van der Waals surface area contributed by atoms with E-state index in [1.54, 1.807) is 44.1 Å². The fraction of sp³-hybridized carbons (Fsp3) is 0.636. The maximum Gasteiger partial charge on any atom is 0 e. The van der Waals surface area contributed by atoms with Crippen molar-refractivity contribution in [2.45, 2.75) is 89.4 Å². The molecular formula is C33H42Y2-2. The van der Waals surface area contributed by atoms with Crippen molar-refractivity contribution in [1.29, 1.82) is 0 Å². The Hall–Kier alpha value is 0.648. The zero-order chi connectivity index (χ0) is 22.3. The van der Waals surface area contributed by atoms with Crippen LogP contribution in [-0.4, -0.2) is 0 Å². The second-order valence-corrected chi connectivity index (χ2v) is 13.3. The summed E-state index contributed by atoms with van der Waals surface area (Å²) in [6.45, 7) is 2.54. The monoisotopic (exact) mass is 616 g/mol. The first kappa shape index (κ1) is 28.7. The summed E-state index contributed by atoms with van der Waals surface area (Å²) in [4.78, 5) is 0. The van der Waals surface area contributed by atoms with Crippen LogP contribution >= 0.6 is 0 Å². The Balaban J connectivity index is 0.000000133. The molecule has 182 valence electrons. The predicted octanol–water partition coefficient (Wildman–Crippen LogP) is 8.66. The van der Waals surface area contributed by atoms with E-state index in [9.17, 15) is 0 Å². The molecule has 8 aliphatic carbocycles. The Kier molecular flexibility index (Phi) is 10.0. The molecule has 0 aromatic heterocycles. The molecule has 0 nitrogen and oxygen atoms in total. The largest absolute Gasteiger partial charge is 0.184 e. The smallest absolute Gasteiger partial charge is 0 e. The van der Waals surface area contributed by atoms with Gasteiger partial charge in [-0.1, -0.05) is 6.92 Å². The number of hydrogen-bond donors (Lipinski definition) is 0. The fourth-order valence-corrected chi connectivity index (χ4v) is 10.1. The van der Waals surface area contributed by atoms with Crippen molar-refractivity contribution in [2.24, 2.45) is 40.9 Å². The van der Waals surface area contributed by atoms with Crippen LogP contribution in [0.25, 0.3) is 0 Å². The molecule has 0 spiro atoms. The molecule has 0 heterocycles. The molecule has 0 unspecified atom stereocenters. The first-order valence-electron chi connectivity index (χ1n) is 14.0. The summed E-state index contributed by atoms with van der Waals surface area (Å²) in [5.41, 5.74) is 2.99. The molecule has 0 atom stereocenters. The molecule has 8 bridgehead atoms. The van der Waals surface area contributed by atoms with Gasteiger partial charge in [-0.2, -0.15) is 72.3 Å². The quantitative estimate of drug-likeness (QED) is 0.282. The second kappa shape index (κ2) is 12.2. The number of benzene rings is 2. The van der Waals surface area contributed by atoms with Crippen LogP contribution in [0.1, 0.15) is 89.5 Å². The minimum absolute atomic E-state index is 0. The van der Waals surface area contributed by atoms with Crippen molar-refractivity contribution in [3.63, 3.8) is 0 Å². The zero-order valence-corrected chi connectivity index (χ0v) is 27.5. The third-order valence-electron chi connectivity index (χ3n) is 10.3. The molecule has 0 amide bonds. The van der Waals surface area contributed by atoms with Gasteiger partial charge in [0.15, 0.2) is 0 Å². The Morgan fingerprint density at radius 3 is 1.23 bits per heavy atom. The first-order chi connectivity index (χ1) is 16.1. The third-order valence-corrected chi connectivity index (χ3v) is 10.3. The van der Waals surface area contributed by atoms with E-state index in [-0.39, 0.29) is 65.4 Å². The van der Waals surface area contributed by atoms with E-state index in [1.807, 2.05) is 30.3 Å². The van der Waals surface area contributed by atoms with Gasteiger partial charge in [0.2, 0.25) is 0 Å². The van der Waals surface area contributed by atoms with Gasteiger partial charge in [0.05, 0.1) is 0 Å². The summed E-state index contributed by atoms with van der Waals surface area (Å²) in [7, 11) is 0. The van der Waals surface area contributed by atoms with Crippen LogP contribution < -0.4 is 0 Å². The van der Waals surface area contributed by atoms with Gasteiger partial charge in [-0.05, 0) is 123 Å². The molecular weight excluding hydrogens is 574 g/mol. The first-order valence-corrected chi connectivity index (χ1v) is 14.0. The maximum absolute atomic E-state index is 3.16. The van der Waals surface area contributed by atoms with Gasteiger partial charge < -0.3 is 0 Å². The minimum Gasteiger partial charge on any atom is -0.184 e. The summed E-state index contributed by atoms with van der Waals surface area (Å²) in [6.07, 6.45) is 18.5. The van der Waals surface area contributed by atoms with Crippen LogP contribution in [0.5, 0.6) is 0 Å². The summed E-state index contributed by atoms with van der Waals surface area (Å²) >= 11 is 0. The summed E-state index contributed by atoms with van der Waals surface area (Å²) < 4.78 is 0. The fourth-order valence-electron chi connectivity index (χ4n) is 10.1. The molecule has 0 aliphatic heterocycles. The van der Waals surface area contributed by atoms with E-state index in [1.165, 1.54) is 38.5 Å². The number of rotatable bonds is 1. The molecule has 2 heteroatoms. The van der Waals surface area contributed by atoms with Crippen LogP contribution in [-0.2, 0) is 70.8 Å². The summed E-state index contributed by atoms with van der Waals surface area (Å²) in [6, 6.07) is 24.5. The van der Waals surface area contributed by atoms with Crippen LogP contribution in [0, 0.1) is 53.1 Å². The molecule has 10 rings (SSSR count). The predicted molar refractivity (Wildman–Crippen MR) is 137 cm³/mol. The topological polar surface area (TPSA) is 0 Å². The molecule has 8 aliphatic rings. The van der Waals surface area contributed by atoms with Crippen LogP contribution in [0.4, 0.5) is 0 Å². The molecule has 2 aromatic rings. The van der Waals surface area contributed by atoms with Crippen molar-refractivity contribution in [3.8, 4) is 0 Å². The van der Waals surface area contributed by atoms with Crippen LogP contribution in [0.3, 0.4) is 0 Å². The van der Waals surface area contributed by atoms with E-state index in [4.69, 9.17) is 0 Å². The molecule has 8 saturated carbocycles. The average molecular weight is 617 g/mol. The van der Waals surface area contributed by atoms with Gasteiger partial charge in [0, 0.05) is 65.4 Å². The second-order valence-electron chi connectivity index (χ2n) is 13.3. The van der Waals surface area contributed by atoms with Crippen molar-refractivity contribution in [1.82, 2.24) is 0 Å². The van der Waals surface area contributed by atoms with Crippen molar-refractivity contribution < 1.29 is 65.4 Å². The summed E-state index contributed by atoms with van der Waals surface area (Å²) in [5, 5.41) is 0. The maximum atomic E-state index is 3.16. The standard InChI is InChI=1S/C16H19.C11H18.C6H5.2Y/c1-2-4-15(5-3-1)16-9-12-6-13(10-16)8-14(7-12)11-16;1-11-5-8-2-9(6-11)4-10(3-8)7-11;1-2-4-6-5-3-1;;/h2-5,12-14H,6-11H2;8-10H,2-7H2,1H3;1-5H;;/q-1;;-1;;. The average Bonchev–Trinajstić information content (AvgIpc) is 2.79. The van der Waals surface area contributed by atoms with Gasteiger partial charge in [-0.25, -0.2) is 0 Å². The van der Waals surface area contributed by atoms with Crippen molar-refractivity contribution in [2.75, 3.05) is 0 Å².